The van der Waals surface area contributed by atoms with Gasteiger partial charge in [-0.05, 0) is 23.6 Å². The molecule has 0 atom stereocenters. The highest BCUT2D eigenvalue weighted by atomic mass is 13.9. The second-order valence-corrected chi connectivity index (χ2v) is 7.54. The highest BCUT2D eigenvalue weighted by Crippen LogP contribution is 2.11. The predicted molar refractivity (Wildman–Crippen MR) is 141 cm³/mol. The van der Waals surface area contributed by atoms with Gasteiger partial charge >= 0.3 is 0 Å². The van der Waals surface area contributed by atoms with Gasteiger partial charge in [0.1, 0.15) is 0 Å². The third-order valence-electron chi connectivity index (χ3n) is 4.17. The van der Waals surface area contributed by atoms with Crippen molar-refractivity contribution in [2.75, 3.05) is 0 Å². The van der Waals surface area contributed by atoms with Crippen molar-refractivity contribution in [1.82, 2.24) is 0 Å². The minimum atomic E-state index is 0.898. The van der Waals surface area contributed by atoms with Crippen molar-refractivity contribution < 1.29 is 0 Å². The second-order valence-electron chi connectivity index (χ2n) is 7.54. The van der Waals surface area contributed by atoms with Crippen molar-refractivity contribution in [1.29, 1.82) is 0 Å². The van der Waals surface area contributed by atoms with Crippen LogP contribution >= 0.6 is 0 Å². The van der Waals surface area contributed by atoms with Gasteiger partial charge < -0.3 is 0 Å². The van der Waals surface area contributed by atoms with Crippen LogP contribution in [-0.2, 0) is 0 Å². The average Bonchev–Trinajstić information content (AvgIpc) is 2.78. The van der Waals surface area contributed by atoms with Crippen LogP contribution in [0.15, 0.2) is 78.9 Å². The van der Waals surface area contributed by atoms with Crippen molar-refractivity contribution in [2.24, 2.45) is 5.92 Å². The topological polar surface area (TPSA) is 0 Å². The Kier molecular flexibility index (Phi) is 23.3. The monoisotopic (exact) mass is 408 g/mol. The fourth-order valence-electron chi connectivity index (χ4n) is 2.60. The number of hydrogen-bond donors (Lipinski definition) is 0. The Labute approximate surface area is 188 Å². The van der Waals surface area contributed by atoms with Gasteiger partial charge in [0.05, 0.1) is 0 Å². The second kappa shape index (κ2) is 23.2. The van der Waals surface area contributed by atoms with Crippen molar-refractivity contribution in [3.05, 3.63) is 84.4 Å². The van der Waals surface area contributed by atoms with Crippen LogP contribution in [0.4, 0.5) is 0 Å². The smallest absolute Gasteiger partial charge is 0.0184 e. The van der Waals surface area contributed by atoms with Crippen molar-refractivity contribution >= 4 is 10.8 Å². The fourth-order valence-corrected chi connectivity index (χ4v) is 2.60. The van der Waals surface area contributed by atoms with Crippen LogP contribution in [0.25, 0.3) is 10.8 Å². The van der Waals surface area contributed by atoms with Crippen molar-refractivity contribution in [3.8, 4) is 0 Å². The molecular formula is C30H48. The molecule has 0 unspecified atom stereocenters. The lowest BCUT2D eigenvalue weighted by atomic mass is 10.1. The zero-order valence-corrected chi connectivity index (χ0v) is 21.1. The number of fused-ring (bicyclic) bond motifs is 1. The van der Waals surface area contributed by atoms with Gasteiger partial charge in [0.25, 0.3) is 0 Å². The van der Waals surface area contributed by atoms with Gasteiger partial charge in [-0.2, -0.15) is 0 Å². The Balaban J connectivity index is 0. The summed E-state index contributed by atoms with van der Waals surface area (Å²) in [7, 11) is 0. The SMILES string of the molecule is CC.CCCC(C)C.CCCCC.Cc1ccccc1.c1ccc2ccccc2c1. The highest BCUT2D eigenvalue weighted by Gasteiger charge is 1.86. The standard InChI is InChI=1S/C10H8.C7H8.C6H14.C5H12.C2H6/c1-2-6-10-8-4-3-7-9(10)5-1;1-7-5-3-2-4-6-7;1-4-5-6(2)3;1-3-5-4-2;1-2/h1-8H;2-6H,1H3;6H,4-5H2,1-3H3;3-5H2,1-2H3;1-2H3. The van der Waals surface area contributed by atoms with E-state index in [1.54, 1.807) is 0 Å². The molecule has 0 heteroatoms. The van der Waals surface area contributed by atoms with E-state index in [-0.39, 0.29) is 0 Å². The summed E-state index contributed by atoms with van der Waals surface area (Å²) in [5, 5.41) is 2.62. The summed E-state index contributed by atoms with van der Waals surface area (Å²) in [6.45, 7) is 17.2. The quantitative estimate of drug-likeness (QED) is 0.402. The first-order valence-electron chi connectivity index (χ1n) is 12.0. The van der Waals surface area contributed by atoms with Gasteiger partial charge in [-0.15, -0.1) is 0 Å². The average molecular weight is 409 g/mol. The molecule has 3 rings (SSSR count). The summed E-state index contributed by atoms with van der Waals surface area (Å²) in [6.07, 6.45) is 6.78. The van der Waals surface area contributed by atoms with E-state index in [9.17, 15) is 0 Å². The molecule has 0 fully saturated rings. The van der Waals surface area contributed by atoms with E-state index in [1.807, 2.05) is 32.0 Å². The Morgan fingerprint density at radius 1 is 0.567 bits per heavy atom. The maximum absolute atomic E-state index is 2.25. The maximum Gasteiger partial charge on any atom is -0.0184 e. The molecule has 0 aliphatic heterocycles. The van der Waals surface area contributed by atoms with Crippen LogP contribution in [-0.4, -0.2) is 0 Å². The van der Waals surface area contributed by atoms with Crippen LogP contribution in [0, 0.1) is 12.8 Å². The Morgan fingerprint density at radius 2 is 0.933 bits per heavy atom. The first kappa shape index (κ1) is 30.1. The molecule has 0 spiro atoms. The van der Waals surface area contributed by atoms with E-state index in [0.717, 1.165) is 5.92 Å². The minimum Gasteiger partial charge on any atom is -0.0683 e. The third kappa shape index (κ3) is 19.2. The van der Waals surface area contributed by atoms with Gasteiger partial charge in [-0.1, -0.05) is 165 Å². The molecule has 3 aromatic rings. The van der Waals surface area contributed by atoms with Crippen LogP contribution < -0.4 is 0 Å². The molecule has 0 radical (unpaired) electrons. The number of hydrogen-bond acceptors (Lipinski definition) is 0. The molecule has 0 nitrogen and oxygen atoms in total. The van der Waals surface area contributed by atoms with Gasteiger partial charge in [0, 0.05) is 0 Å². The Hall–Kier alpha value is -2.08. The molecule has 30 heavy (non-hydrogen) atoms. The molecule has 0 saturated carbocycles. The zero-order valence-electron chi connectivity index (χ0n) is 21.1. The Morgan fingerprint density at radius 3 is 1.10 bits per heavy atom. The predicted octanol–water partition coefficient (Wildman–Crippen LogP) is 10.5. The summed E-state index contributed by atoms with van der Waals surface area (Å²) in [5.41, 5.74) is 1.32. The minimum absolute atomic E-state index is 0.898. The van der Waals surface area contributed by atoms with Gasteiger partial charge in [0.2, 0.25) is 0 Å². The lowest BCUT2D eigenvalue weighted by Gasteiger charge is -1.95. The van der Waals surface area contributed by atoms with Crippen molar-refractivity contribution in [3.63, 3.8) is 0 Å². The first-order valence-corrected chi connectivity index (χ1v) is 12.0. The molecule has 0 N–H and O–H groups in total. The summed E-state index contributed by atoms with van der Waals surface area (Å²) in [6, 6.07) is 27.0. The maximum atomic E-state index is 2.25. The summed E-state index contributed by atoms with van der Waals surface area (Å²) >= 11 is 0. The van der Waals surface area contributed by atoms with Gasteiger partial charge in [0.15, 0.2) is 0 Å². The molecule has 0 aliphatic carbocycles. The van der Waals surface area contributed by atoms with Crippen LogP contribution in [0.2, 0.25) is 0 Å². The Bertz CT molecular complexity index is 615. The number of unbranched alkanes of at least 4 members (excludes halogenated alkanes) is 2. The fraction of sp³-hybridized carbons (Fsp3) is 0.467. The van der Waals surface area contributed by atoms with Crippen LogP contribution in [0.3, 0.4) is 0 Å². The van der Waals surface area contributed by atoms with Crippen molar-refractivity contribution in [2.45, 2.75) is 87.5 Å². The number of aryl methyl sites for hydroxylation is 1. The molecule has 3 aromatic carbocycles. The lowest BCUT2D eigenvalue weighted by Crippen LogP contribution is -1.81. The molecule has 0 amide bonds. The number of rotatable bonds is 4. The highest BCUT2D eigenvalue weighted by molar-refractivity contribution is 5.81. The molecular weight excluding hydrogens is 360 g/mol. The summed E-state index contributed by atoms with van der Waals surface area (Å²) in [5.74, 6) is 0.898. The molecule has 0 aromatic heterocycles. The van der Waals surface area contributed by atoms with Crippen LogP contribution in [0.5, 0.6) is 0 Å². The third-order valence-corrected chi connectivity index (χ3v) is 4.17. The normalized spacial score (nSPS) is 8.97. The molecule has 168 valence electrons. The van der Waals surface area contributed by atoms with E-state index in [0.29, 0.717) is 0 Å². The molecule has 0 saturated heterocycles. The summed E-state index contributed by atoms with van der Waals surface area (Å²) in [4.78, 5) is 0. The van der Waals surface area contributed by atoms with Crippen LogP contribution in [0.1, 0.15) is 86.1 Å². The van der Waals surface area contributed by atoms with Gasteiger partial charge in [-0.3, -0.25) is 0 Å². The first-order chi connectivity index (χ1) is 14.5. The summed E-state index contributed by atoms with van der Waals surface area (Å²) < 4.78 is 0. The molecule has 0 heterocycles. The molecule has 0 bridgehead atoms. The lowest BCUT2D eigenvalue weighted by molar-refractivity contribution is 0.576. The van der Waals surface area contributed by atoms with E-state index >= 15 is 0 Å². The van der Waals surface area contributed by atoms with E-state index in [1.165, 1.54) is 48.4 Å². The van der Waals surface area contributed by atoms with Gasteiger partial charge in [-0.25, -0.2) is 0 Å². The van der Waals surface area contributed by atoms with E-state index in [4.69, 9.17) is 0 Å². The zero-order chi connectivity index (χ0) is 23.0. The largest absolute Gasteiger partial charge is 0.0683 e. The number of benzene rings is 3. The molecule has 0 aliphatic rings. The van der Waals surface area contributed by atoms with E-state index < -0.39 is 0 Å². The van der Waals surface area contributed by atoms with E-state index in [2.05, 4.69) is 102 Å².